The second-order valence-corrected chi connectivity index (χ2v) is 4.42. The monoisotopic (exact) mass is 244 g/mol. The summed E-state index contributed by atoms with van der Waals surface area (Å²) >= 11 is 0. The molecule has 0 aliphatic carbocycles. The second-order valence-electron chi connectivity index (χ2n) is 4.42. The van der Waals surface area contributed by atoms with E-state index in [9.17, 15) is 4.79 Å². The first kappa shape index (κ1) is 12.4. The molecule has 0 aromatic carbocycles. The van der Waals surface area contributed by atoms with E-state index in [4.69, 9.17) is 5.26 Å². The Morgan fingerprint density at radius 1 is 1.50 bits per heavy atom. The molecule has 1 saturated heterocycles. The van der Waals surface area contributed by atoms with Gasteiger partial charge in [0, 0.05) is 13.1 Å². The number of hydrogen-bond acceptors (Lipinski definition) is 4. The van der Waals surface area contributed by atoms with Crippen molar-refractivity contribution >= 4 is 11.7 Å². The number of nitriles is 1. The summed E-state index contributed by atoms with van der Waals surface area (Å²) in [6.45, 7) is 3.51. The lowest BCUT2D eigenvalue weighted by molar-refractivity contribution is -0.130. The third-order valence-electron chi connectivity index (χ3n) is 3.02. The van der Waals surface area contributed by atoms with Crippen molar-refractivity contribution in [3.05, 3.63) is 23.9 Å². The number of anilines is 1. The number of rotatable bonds is 3. The Morgan fingerprint density at radius 3 is 2.89 bits per heavy atom. The van der Waals surface area contributed by atoms with Crippen LogP contribution in [0.4, 0.5) is 5.82 Å². The number of carbonyl (C=O) groups excluding carboxylic acids is 1. The molecule has 2 heterocycles. The van der Waals surface area contributed by atoms with Crippen LogP contribution < -0.4 is 5.32 Å². The number of nitrogens with zero attached hydrogens (tertiary/aromatic N) is 3. The molecule has 0 radical (unpaired) electrons. The number of amides is 1. The number of aromatic nitrogens is 1. The van der Waals surface area contributed by atoms with Gasteiger partial charge >= 0.3 is 0 Å². The van der Waals surface area contributed by atoms with E-state index in [1.807, 2.05) is 17.9 Å². The summed E-state index contributed by atoms with van der Waals surface area (Å²) < 4.78 is 0. The normalized spacial score (nSPS) is 16.1. The Labute approximate surface area is 106 Å². The highest BCUT2D eigenvalue weighted by Crippen LogP contribution is 2.12. The van der Waals surface area contributed by atoms with E-state index >= 15 is 0 Å². The van der Waals surface area contributed by atoms with Gasteiger partial charge in [-0.3, -0.25) is 4.79 Å². The van der Waals surface area contributed by atoms with E-state index in [2.05, 4.69) is 10.3 Å². The molecule has 1 aliphatic rings. The minimum atomic E-state index is -0.315. The Bertz CT molecular complexity index is 474. The molecule has 1 aromatic heterocycles. The largest absolute Gasteiger partial charge is 0.359 e. The van der Waals surface area contributed by atoms with E-state index in [0.29, 0.717) is 11.5 Å². The molecule has 1 N–H and O–H groups in total. The van der Waals surface area contributed by atoms with E-state index in [1.54, 1.807) is 18.2 Å². The van der Waals surface area contributed by atoms with Crippen molar-refractivity contribution in [2.75, 3.05) is 18.4 Å². The smallest absolute Gasteiger partial charge is 0.244 e. The molecule has 0 spiro atoms. The highest BCUT2D eigenvalue weighted by molar-refractivity contribution is 5.84. The maximum Gasteiger partial charge on any atom is 0.244 e. The molecular formula is C13H16N4O. The molecule has 5 nitrogen and oxygen atoms in total. The van der Waals surface area contributed by atoms with Gasteiger partial charge in [-0.05, 0) is 31.9 Å². The average molecular weight is 244 g/mol. The minimum Gasteiger partial charge on any atom is -0.359 e. The van der Waals surface area contributed by atoms with Crippen LogP contribution in [-0.2, 0) is 4.79 Å². The molecule has 18 heavy (non-hydrogen) atoms. The molecule has 1 fully saturated rings. The molecule has 1 unspecified atom stereocenters. The van der Waals surface area contributed by atoms with Crippen molar-refractivity contribution in [3.8, 4) is 6.07 Å². The van der Waals surface area contributed by atoms with Crippen LogP contribution in [-0.4, -0.2) is 34.9 Å². The molecule has 1 aliphatic heterocycles. The summed E-state index contributed by atoms with van der Waals surface area (Å²) in [6.07, 6.45) is 2.17. The van der Waals surface area contributed by atoms with Gasteiger partial charge in [0.15, 0.2) is 0 Å². The maximum atomic E-state index is 12.1. The SMILES string of the molecule is CC(Nc1cccc(C#N)n1)C(=O)N1CCCC1. The lowest BCUT2D eigenvalue weighted by atomic mass is 10.3. The fraction of sp³-hybridized carbons (Fsp3) is 0.462. The molecule has 0 bridgehead atoms. The highest BCUT2D eigenvalue weighted by Gasteiger charge is 2.23. The molecule has 1 atom stereocenters. The molecule has 1 aromatic rings. The topological polar surface area (TPSA) is 69.0 Å². The van der Waals surface area contributed by atoms with Crippen LogP contribution in [0.25, 0.3) is 0 Å². The first-order valence-corrected chi connectivity index (χ1v) is 6.13. The Morgan fingerprint density at radius 2 is 2.22 bits per heavy atom. The lowest BCUT2D eigenvalue weighted by Gasteiger charge is -2.21. The Kier molecular flexibility index (Phi) is 3.78. The number of nitrogens with one attached hydrogen (secondary N) is 1. The summed E-state index contributed by atoms with van der Waals surface area (Å²) in [7, 11) is 0. The van der Waals surface area contributed by atoms with Gasteiger partial charge in [-0.15, -0.1) is 0 Å². The predicted octanol–water partition coefficient (Wildman–Crippen LogP) is 1.38. The van der Waals surface area contributed by atoms with Crippen molar-refractivity contribution in [2.24, 2.45) is 0 Å². The average Bonchev–Trinajstić information content (AvgIpc) is 2.92. The van der Waals surface area contributed by atoms with Gasteiger partial charge in [0.25, 0.3) is 0 Å². The maximum absolute atomic E-state index is 12.1. The van der Waals surface area contributed by atoms with Crippen molar-refractivity contribution < 1.29 is 4.79 Å². The minimum absolute atomic E-state index is 0.0941. The van der Waals surface area contributed by atoms with Crippen molar-refractivity contribution in [1.29, 1.82) is 5.26 Å². The molecule has 5 heteroatoms. The fourth-order valence-corrected chi connectivity index (χ4v) is 2.07. The van der Waals surface area contributed by atoms with Crippen LogP contribution in [0.5, 0.6) is 0 Å². The number of hydrogen-bond donors (Lipinski definition) is 1. The molecule has 0 saturated carbocycles. The summed E-state index contributed by atoms with van der Waals surface area (Å²) in [5.74, 6) is 0.658. The third-order valence-corrected chi connectivity index (χ3v) is 3.02. The van der Waals surface area contributed by atoms with Gasteiger partial charge in [0.05, 0.1) is 0 Å². The fourth-order valence-electron chi connectivity index (χ4n) is 2.07. The first-order valence-electron chi connectivity index (χ1n) is 6.13. The zero-order chi connectivity index (χ0) is 13.0. The number of pyridine rings is 1. The summed E-state index contributed by atoms with van der Waals surface area (Å²) in [4.78, 5) is 18.0. The van der Waals surface area contributed by atoms with Gasteiger partial charge in [0.1, 0.15) is 23.6 Å². The lowest BCUT2D eigenvalue weighted by Crippen LogP contribution is -2.39. The number of carbonyl (C=O) groups is 1. The Balaban J connectivity index is 1.99. The van der Waals surface area contributed by atoms with Gasteiger partial charge in [0.2, 0.25) is 5.91 Å². The molecular weight excluding hydrogens is 228 g/mol. The summed E-state index contributed by atoms with van der Waals surface area (Å²) in [5, 5.41) is 11.8. The summed E-state index contributed by atoms with van der Waals surface area (Å²) in [5.41, 5.74) is 0.348. The van der Waals surface area contributed by atoms with Gasteiger partial charge < -0.3 is 10.2 Å². The third kappa shape index (κ3) is 2.77. The van der Waals surface area contributed by atoms with Crippen LogP contribution in [0.3, 0.4) is 0 Å². The predicted molar refractivity (Wildman–Crippen MR) is 67.9 cm³/mol. The molecule has 2 rings (SSSR count). The van der Waals surface area contributed by atoms with E-state index in [-0.39, 0.29) is 11.9 Å². The summed E-state index contributed by atoms with van der Waals surface area (Å²) in [6, 6.07) is 6.81. The number of likely N-dealkylation sites (tertiary alicyclic amines) is 1. The molecule has 94 valence electrons. The Hall–Kier alpha value is -2.09. The second kappa shape index (κ2) is 5.50. The van der Waals surface area contributed by atoms with Crippen LogP contribution in [0.1, 0.15) is 25.5 Å². The van der Waals surface area contributed by atoms with Gasteiger partial charge in [-0.25, -0.2) is 4.98 Å². The molecule has 1 amide bonds. The van der Waals surface area contributed by atoms with Gasteiger partial charge in [-0.2, -0.15) is 5.26 Å². The van der Waals surface area contributed by atoms with Crippen molar-refractivity contribution in [3.63, 3.8) is 0 Å². The first-order chi connectivity index (χ1) is 8.70. The van der Waals surface area contributed by atoms with E-state index in [1.165, 1.54) is 0 Å². The van der Waals surface area contributed by atoms with Gasteiger partial charge in [-0.1, -0.05) is 6.07 Å². The van der Waals surface area contributed by atoms with Crippen molar-refractivity contribution in [1.82, 2.24) is 9.88 Å². The zero-order valence-electron chi connectivity index (χ0n) is 10.4. The van der Waals surface area contributed by atoms with E-state index < -0.39 is 0 Å². The quantitative estimate of drug-likeness (QED) is 0.872. The van der Waals surface area contributed by atoms with E-state index in [0.717, 1.165) is 25.9 Å². The van der Waals surface area contributed by atoms with Crippen molar-refractivity contribution in [2.45, 2.75) is 25.8 Å². The van der Waals surface area contributed by atoms with Crippen LogP contribution >= 0.6 is 0 Å². The van der Waals surface area contributed by atoms with Crippen LogP contribution in [0, 0.1) is 11.3 Å². The highest BCUT2D eigenvalue weighted by atomic mass is 16.2. The van der Waals surface area contributed by atoms with Crippen LogP contribution in [0.15, 0.2) is 18.2 Å². The van der Waals surface area contributed by atoms with Crippen LogP contribution in [0.2, 0.25) is 0 Å². The zero-order valence-corrected chi connectivity index (χ0v) is 10.4. The standard InChI is InChI=1S/C13H16N4O/c1-10(13(18)17-7-2-3-8-17)15-12-6-4-5-11(9-14)16-12/h4-6,10H,2-3,7-8H2,1H3,(H,15,16).